The van der Waals surface area contributed by atoms with Crippen LogP contribution >= 0.6 is 0 Å². The van der Waals surface area contributed by atoms with Gasteiger partial charge in [0.2, 0.25) is 0 Å². The van der Waals surface area contributed by atoms with Gasteiger partial charge < -0.3 is 20.6 Å². The number of amides is 1. The summed E-state index contributed by atoms with van der Waals surface area (Å²) in [6, 6.07) is 1.44. The van der Waals surface area contributed by atoms with E-state index in [-0.39, 0.29) is 5.69 Å². The Hall–Kier alpha value is -1.44. The van der Waals surface area contributed by atoms with E-state index in [1.165, 1.54) is 12.3 Å². The molecule has 0 spiro atoms. The molecule has 0 radical (unpaired) electrons. The molecular formula is C8H13N3O4. The molecular weight excluding hydrogens is 202 g/mol. The topological polar surface area (TPSA) is 118 Å². The van der Waals surface area contributed by atoms with E-state index in [1.807, 2.05) is 0 Å². The van der Waals surface area contributed by atoms with Gasteiger partial charge in [-0.3, -0.25) is 9.89 Å². The number of carbonyl (C=O) groups excluding carboxylic acids is 1. The van der Waals surface area contributed by atoms with Gasteiger partial charge in [-0.05, 0) is 6.07 Å². The van der Waals surface area contributed by atoms with Crippen molar-refractivity contribution in [3.63, 3.8) is 0 Å². The first-order valence-corrected chi connectivity index (χ1v) is 4.32. The van der Waals surface area contributed by atoms with E-state index in [1.54, 1.807) is 0 Å². The minimum absolute atomic E-state index is 0.190. The number of nitrogens with zero attached hydrogens (tertiary/aromatic N) is 1. The number of carbonyl (C=O) groups is 1. The zero-order valence-corrected chi connectivity index (χ0v) is 7.97. The third-order valence-electron chi connectivity index (χ3n) is 2.03. The minimum atomic E-state index is -1.41. The summed E-state index contributed by atoms with van der Waals surface area (Å²) < 4.78 is 0. The average Bonchev–Trinajstić information content (AvgIpc) is 2.79. The van der Waals surface area contributed by atoms with E-state index in [9.17, 15) is 4.79 Å². The van der Waals surface area contributed by atoms with Crippen LogP contribution in [-0.4, -0.2) is 56.8 Å². The van der Waals surface area contributed by atoms with Crippen LogP contribution in [0, 0.1) is 0 Å². The second-order valence-corrected chi connectivity index (χ2v) is 3.18. The number of aromatic amines is 1. The third-order valence-corrected chi connectivity index (χ3v) is 2.03. The van der Waals surface area contributed by atoms with Crippen LogP contribution in [0.1, 0.15) is 10.5 Å². The highest BCUT2D eigenvalue weighted by atomic mass is 16.3. The number of aliphatic hydroxyl groups excluding tert-OH is 3. The van der Waals surface area contributed by atoms with Crippen LogP contribution in [0.4, 0.5) is 0 Å². The number of H-pyrrole nitrogens is 1. The van der Waals surface area contributed by atoms with E-state index < -0.39 is 31.3 Å². The lowest BCUT2D eigenvalue weighted by molar-refractivity contribution is 0.0373. The number of hydrogen-bond acceptors (Lipinski definition) is 5. The number of aliphatic hydroxyl groups is 3. The molecule has 0 saturated carbocycles. The maximum absolute atomic E-state index is 11.5. The van der Waals surface area contributed by atoms with E-state index in [0.29, 0.717) is 0 Å². The van der Waals surface area contributed by atoms with Gasteiger partial charge in [0.15, 0.2) is 0 Å². The van der Waals surface area contributed by atoms with Crippen molar-refractivity contribution in [2.45, 2.75) is 5.54 Å². The van der Waals surface area contributed by atoms with Gasteiger partial charge in [0.05, 0.1) is 19.8 Å². The first-order valence-electron chi connectivity index (χ1n) is 4.32. The van der Waals surface area contributed by atoms with Crippen molar-refractivity contribution in [3.8, 4) is 0 Å². The molecule has 7 heteroatoms. The molecule has 7 nitrogen and oxygen atoms in total. The first-order chi connectivity index (χ1) is 7.17. The summed E-state index contributed by atoms with van der Waals surface area (Å²) in [5, 5.41) is 35.2. The summed E-state index contributed by atoms with van der Waals surface area (Å²) in [7, 11) is 0. The van der Waals surface area contributed by atoms with Gasteiger partial charge in [-0.1, -0.05) is 0 Å². The molecule has 1 aromatic heterocycles. The Bertz CT molecular complexity index is 299. The molecule has 84 valence electrons. The van der Waals surface area contributed by atoms with Crippen LogP contribution in [0.3, 0.4) is 0 Å². The molecule has 1 heterocycles. The monoisotopic (exact) mass is 215 g/mol. The van der Waals surface area contributed by atoms with E-state index >= 15 is 0 Å². The standard InChI is InChI=1S/C8H13N3O4/c12-3-8(4-13,5-14)10-7(15)6-1-2-9-11-6/h1-2,12-14H,3-5H2,(H,9,11)(H,10,15). The molecule has 1 rings (SSSR count). The normalized spacial score (nSPS) is 11.4. The Morgan fingerprint density at radius 3 is 2.40 bits per heavy atom. The second-order valence-electron chi connectivity index (χ2n) is 3.18. The van der Waals surface area contributed by atoms with Crippen LogP contribution in [0.15, 0.2) is 12.3 Å². The Morgan fingerprint density at radius 1 is 1.40 bits per heavy atom. The Kier molecular flexibility index (Phi) is 3.78. The zero-order valence-electron chi connectivity index (χ0n) is 7.97. The number of rotatable bonds is 5. The second kappa shape index (κ2) is 4.87. The fraction of sp³-hybridized carbons (Fsp3) is 0.500. The van der Waals surface area contributed by atoms with Crippen molar-refractivity contribution in [3.05, 3.63) is 18.0 Å². The SMILES string of the molecule is O=C(NC(CO)(CO)CO)c1ccn[nH]1. The maximum Gasteiger partial charge on any atom is 0.269 e. The summed E-state index contributed by atoms with van der Waals surface area (Å²) in [5.74, 6) is -0.551. The van der Waals surface area contributed by atoms with Crippen LogP contribution in [0.5, 0.6) is 0 Å². The molecule has 1 aromatic rings. The summed E-state index contributed by atoms with van der Waals surface area (Å²) in [6.07, 6.45) is 1.40. The fourth-order valence-corrected chi connectivity index (χ4v) is 0.959. The summed E-state index contributed by atoms with van der Waals surface area (Å²) >= 11 is 0. The van der Waals surface area contributed by atoms with Crippen molar-refractivity contribution in [2.75, 3.05) is 19.8 Å². The number of aromatic nitrogens is 2. The molecule has 0 atom stereocenters. The van der Waals surface area contributed by atoms with Gasteiger partial charge in [-0.15, -0.1) is 0 Å². The first kappa shape index (κ1) is 11.6. The van der Waals surface area contributed by atoms with Crippen LogP contribution in [0.25, 0.3) is 0 Å². The highest BCUT2D eigenvalue weighted by Gasteiger charge is 2.30. The van der Waals surface area contributed by atoms with Crippen molar-refractivity contribution in [2.24, 2.45) is 0 Å². The minimum Gasteiger partial charge on any atom is -0.394 e. The lowest BCUT2D eigenvalue weighted by atomic mass is 10.0. The van der Waals surface area contributed by atoms with Crippen LogP contribution in [-0.2, 0) is 0 Å². The molecule has 15 heavy (non-hydrogen) atoms. The smallest absolute Gasteiger partial charge is 0.269 e. The van der Waals surface area contributed by atoms with E-state index in [4.69, 9.17) is 15.3 Å². The third kappa shape index (κ3) is 2.52. The molecule has 0 aliphatic heterocycles. The number of nitrogens with one attached hydrogen (secondary N) is 2. The fourth-order valence-electron chi connectivity index (χ4n) is 0.959. The predicted octanol–water partition coefficient (Wildman–Crippen LogP) is -2.14. The van der Waals surface area contributed by atoms with Gasteiger partial charge in [0.25, 0.3) is 5.91 Å². The molecule has 5 N–H and O–H groups in total. The lowest BCUT2D eigenvalue weighted by Crippen LogP contribution is -2.57. The molecule has 0 bridgehead atoms. The van der Waals surface area contributed by atoms with E-state index in [2.05, 4.69) is 15.5 Å². The van der Waals surface area contributed by atoms with Gasteiger partial charge >= 0.3 is 0 Å². The summed E-state index contributed by atoms with van der Waals surface area (Å²) in [6.45, 7) is -1.67. The van der Waals surface area contributed by atoms with Crippen LogP contribution in [0.2, 0.25) is 0 Å². The zero-order chi connectivity index (χ0) is 11.3. The van der Waals surface area contributed by atoms with Crippen molar-refractivity contribution in [1.82, 2.24) is 15.5 Å². The highest BCUT2D eigenvalue weighted by Crippen LogP contribution is 2.03. The van der Waals surface area contributed by atoms with Crippen LogP contribution < -0.4 is 5.32 Å². The van der Waals surface area contributed by atoms with Gasteiger partial charge in [0.1, 0.15) is 11.2 Å². The Balaban J connectivity index is 2.71. The molecule has 0 aliphatic rings. The molecule has 0 aromatic carbocycles. The molecule has 0 fully saturated rings. The largest absolute Gasteiger partial charge is 0.394 e. The lowest BCUT2D eigenvalue weighted by Gasteiger charge is -2.28. The van der Waals surface area contributed by atoms with Gasteiger partial charge in [-0.2, -0.15) is 5.10 Å². The molecule has 0 unspecified atom stereocenters. The number of hydrogen-bond donors (Lipinski definition) is 5. The molecule has 1 amide bonds. The highest BCUT2D eigenvalue weighted by molar-refractivity contribution is 5.92. The van der Waals surface area contributed by atoms with Crippen molar-refractivity contribution < 1.29 is 20.1 Å². The van der Waals surface area contributed by atoms with Gasteiger partial charge in [0, 0.05) is 6.20 Å². The Morgan fingerprint density at radius 2 is 2.00 bits per heavy atom. The van der Waals surface area contributed by atoms with Crippen molar-refractivity contribution in [1.29, 1.82) is 0 Å². The van der Waals surface area contributed by atoms with Crippen molar-refractivity contribution >= 4 is 5.91 Å². The molecule has 0 saturated heterocycles. The van der Waals surface area contributed by atoms with E-state index in [0.717, 1.165) is 0 Å². The van der Waals surface area contributed by atoms with Gasteiger partial charge in [-0.25, -0.2) is 0 Å². The average molecular weight is 215 g/mol. The summed E-state index contributed by atoms with van der Waals surface area (Å²) in [5.41, 5.74) is -1.22. The maximum atomic E-state index is 11.5. The quantitative estimate of drug-likeness (QED) is 0.384. The summed E-state index contributed by atoms with van der Waals surface area (Å²) in [4.78, 5) is 11.5. The Labute approximate surface area is 85.7 Å². The molecule has 0 aliphatic carbocycles. The predicted molar refractivity (Wildman–Crippen MR) is 50.0 cm³/mol.